The average molecular weight is 408 g/mol. The molecule has 0 saturated carbocycles. The lowest BCUT2D eigenvalue weighted by Gasteiger charge is -2.12. The molecule has 134 valence electrons. The normalized spacial score (nSPS) is 15.8. The maximum atomic E-state index is 12.7. The number of hydrogen-bond acceptors (Lipinski definition) is 4. The highest BCUT2D eigenvalue weighted by Gasteiger charge is 2.35. The van der Waals surface area contributed by atoms with Crippen molar-refractivity contribution < 1.29 is 14.3 Å². The van der Waals surface area contributed by atoms with Crippen molar-refractivity contribution in [3.63, 3.8) is 0 Å². The van der Waals surface area contributed by atoms with Crippen LogP contribution in [0, 0.1) is 6.92 Å². The summed E-state index contributed by atoms with van der Waals surface area (Å²) in [4.78, 5) is 26.5. The molecule has 1 aliphatic heterocycles. The summed E-state index contributed by atoms with van der Waals surface area (Å²) in [5.74, 6) is 0.0557. The van der Waals surface area contributed by atoms with Crippen LogP contribution in [0.4, 0.5) is 4.79 Å². The van der Waals surface area contributed by atoms with Crippen molar-refractivity contribution in [2.45, 2.75) is 13.5 Å². The minimum atomic E-state index is -0.348. The number of benzene rings is 2. The molecule has 3 rings (SSSR count). The van der Waals surface area contributed by atoms with Crippen LogP contribution < -0.4 is 4.74 Å². The smallest absolute Gasteiger partial charge is 0.293 e. The molecule has 1 fully saturated rings. The third kappa shape index (κ3) is 3.90. The fraction of sp³-hybridized carbons (Fsp3) is 0.158. The Hall–Kier alpha value is -1.95. The molecule has 2 aromatic rings. The number of ether oxygens (including phenoxy) is 1. The molecule has 0 aromatic heterocycles. The molecule has 0 atom stereocenters. The zero-order valence-corrected chi connectivity index (χ0v) is 16.4. The Labute approximate surface area is 165 Å². The summed E-state index contributed by atoms with van der Waals surface area (Å²) in [5, 5.41) is 0.444. The van der Waals surface area contributed by atoms with E-state index in [1.54, 1.807) is 18.2 Å². The molecule has 2 aromatic carbocycles. The third-order valence-corrected chi connectivity index (χ3v) is 5.27. The minimum Gasteiger partial charge on any atom is -0.495 e. The van der Waals surface area contributed by atoms with Gasteiger partial charge in [-0.15, -0.1) is 0 Å². The predicted molar refractivity (Wildman–Crippen MR) is 106 cm³/mol. The lowest BCUT2D eigenvalue weighted by molar-refractivity contribution is -0.123. The Kier molecular flexibility index (Phi) is 5.61. The van der Waals surface area contributed by atoms with Gasteiger partial charge in [0, 0.05) is 10.6 Å². The van der Waals surface area contributed by atoms with Gasteiger partial charge in [-0.05, 0) is 42.5 Å². The summed E-state index contributed by atoms with van der Waals surface area (Å²) >= 11 is 13.1. The molecule has 1 saturated heterocycles. The standard InChI is InChI=1S/C19H15Cl2NO3S/c1-11-3-5-12(6-4-11)10-22-18(23)16(26-19(22)24)8-13-7-14(20)9-15(21)17(13)25-2/h3-9H,10H2,1-2H3/b16-8-. The van der Waals surface area contributed by atoms with Crippen LogP contribution >= 0.6 is 35.0 Å². The number of halogens is 2. The van der Waals surface area contributed by atoms with Gasteiger partial charge in [0.05, 0.1) is 23.6 Å². The number of imide groups is 1. The Morgan fingerprint density at radius 1 is 1.15 bits per heavy atom. The molecule has 2 amide bonds. The molecule has 0 spiro atoms. The third-order valence-electron chi connectivity index (χ3n) is 3.86. The first-order valence-corrected chi connectivity index (χ1v) is 9.30. The largest absolute Gasteiger partial charge is 0.495 e. The van der Waals surface area contributed by atoms with Crippen LogP contribution in [-0.2, 0) is 11.3 Å². The summed E-state index contributed by atoms with van der Waals surface area (Å²) in [6, 6.07) is 10.9. The quantitative estimate of drug-likeness (QED) is 0.623. The molecule has 0 bridgehead atoms. The van der Waals surface area contributed by atoms with Crippen LogP contribution in [0.25, 0.3) is 6.08 Å². The first-order chi connectivity index (χ1) is 12.4. The molecular weight excluding hydrogens is 393 g/mol. The second-order valence-electron chi connectivity index (χ2n) is 5.76. The van der Waals surface area contributed by atoms with Gasteiger partial charge in [-0.2, -0.15) is 0 Å². The summed E-state index contributed by atoms with van der Waals surface area (Å²) in [6.07, 6.45) is 1.58. The van der Waals surface area contributed by atoms with Gasteiger partial charge in [-0.25, -0.2) is 0 Å². The molecule has 0 N–H and O–H groups in total. The monoisotopic (exact) mass is 407 g/mol. The Balaban J connectivity index is 1.89. The summed E-state index contributed by atoms with van der Waals surface area (Å²) in [7, 11) is 1.48. The number of carbonyl (C=O) groups excluding carboxylic acids is 2. The van der Waals surface area contributed by atoms with Gasteiger partial charge in [-0.3, -0.25) is 14.5 Å². The maximum Gasteiger partial charge on any atom is 0.293 e. The van der Waals surface area contributed by atoms with E-state index in [0.29, 0.717) is 26.3 Å². The van der Waals surface area contributed by atoms with Gasteiger partial charge in [0.25, 0.3) is 11.1 Å². The van der Waals surface area contributed by atoms with Gasteiger partial charge in [0.1, 0.15) is 5.75 Å². The molecule has 7 heteroatoms. The van der Waals surface area contributed by atoms with Crippen molar-refractivity contribution in [2.24, 2.45) is 0 Å². The van der Waals surface area contributed by atoms with Crippen LogP contribution in [0.5, 0.6) is 5.75 Å². The predicted octanol–water partition coefficient (Wildman–Crippen LogP) is 5.55. The highest BCUT2D eigenvalue weighted by Crippen LogP contribution is 2.38. The van der Waals surface area contributed by atoms with E-state index in [2.05, 4.69) is 0 Å². The van der Waals surface area contributed by atoms with Crippen LogP contribution in [0.1, 0.15) is 16.7 Å². The number of rotatable bonds is 4. The van der Waals surface area contributed by atoms with Crippen molar-refractivity contribution in [3.8, 4) is 5.75 Å². The van der Waals surface area contributed by atoms with Crippen LogP contribution in [0.15, 0.2) is 41.3 Å². The maximum absolute atomic E-state index is 12.7. The Morgan fingerprint density at radius 3 is 2.50 bits per heavy atom. The number of hydrogen-bond donors (Lipinski definition) is 0. The van der Waals surface area contributed by atoms with E-state index >= 15 is 0 Å². The lowest BCUT2D eigenvalue weighted by Crippen LogP contribution is -2.27. The van der Waals surface area contributed by atoms with Crippen molar-refractivity contribution >= 4 is 52.2 Å². The van der Waals surface area contributed by atoms with Crippen LogP contribution in [0.2, 0.25) is 10.0 Å². The fourth-order valence-corrected chi connectivity index (χ4v) is 3.97. The molecule has 0 unspecified atom stereocenters. The number of carbonyl (C=O) groups is 2. The van der Waals surface area contributed by atoms with E-state index < -0.39 is 0 Å². The number of methoxy groups -OCH3 is 1. The van der Waals surface area contributed by atoms with E-state index in [4.69, 9.17) is 27.9 Å². The first kappa shape index (κ1) is 18.8. The van der Waals surface area contributed by atoms with Crippen molar-refractivity contribution in [2.75, 3.05) is 7.11 Å². The Bertz CT molecular complexity index is 910. The van der Waals surface area contributed by atoms with Crippen molar-refractivity contribution in [1.82, 2.24) is 4.90 Å². The van der Waals surface area contributed by atoms with Crippen LogP contribution in [-0.4, -0.2) is 23.2 Å². The zero-order chi connectivity index (χ0) is 18.8. The van der Waals surface area contributed by atoms with Gasteiger partial charge in [0.15, 0.2) is 0 Å². The topological polar surface area (TPSA) is 46.6 Å². The summed E-state index contributed by atoms with van der Waals surface area (Å²) in [5.41, 5.74) is 2.56. The van der Waals surface area contributed by atoms with Gasteiger partial charge < -0.3 is 4.74 Å². The average Bonchev–Trinajstić information content (AvgIpc) is 2.84. The van der Waals surface area contributed by atoms with E-state index in [1.807, 2.05) is 31.2 Å². The second-order valence-corrected chi connectivity index (χ2v) is 7.60. The van der Waals surface area contributed by atoms with Crippen LogP contribution in [0.3, 0.4) is 0 Å². The van der Waals surface area contributed by atoms with Gasteiger partial charge in [0.2, 0.25) is 0 Å². The van der Waals surface area contributed by atoms with Gasteiger partial charge >= 0.3 is 0 Å². The minimum absolute atomic E-state index is 0.232. The molecule has 1 heterocycles. The highest BCUT2D eigenvalue weighted by molar-refractivity contribution is 8.18. The number of aryl methyl sites for hydroxylation is 1. The van der Waals surface area contributed by atoms with E-state index in [-0.39, 0.29) is 17.7 Å². The first-order valence-electron chi connectivity index (χ1n) is 7.73. The van der Waals surface area contributed by atoms with Crippen molar-refractivity contribution in [3.05, 3.63) is 68.0 Å². The molecule has 4 nitrogen and oxygen atoms in total. The molecule has 0 aliphatic carbocycles. The summed E-state index contributed by atoms with van der Waals surface area (Å²) < 4.78 is 5.28. The number of amides is 2. The second kappa shape index (κ2) is 7.74. The molecule has 26 heavy (non-hydrogen) atoms. The van der Waals surface area contributed by atoms with Gasteiger partial charge in [-0.1, -0.05) is 53.0 Å². The van der Waals surface area contributed by atoms with Crippen molar-refractivity contribution in [1.29, 1.82) is 0 Å². The molecule has 0 radical (unpaired) electrons. The lowest BCUT2D eigenvalue weighted by atomic mass is 10.1. The SMILES string of the molecule is COc1c(Cl)cc(Cl)cc1/C=C1\SC(=O)N(Cc2ccc(C)cc2)C1=O. The molecule has 1 aliphatic rings. The number of thioether (sulfide) groups is 1. The Morgan fingerprint density at radius 2 is 1.85 bits per heavy atom. The van der Waals surface area contributed by atoms with E-state index in [1.165, 1.54) is 12.0 Å². The van der Waals surface area contributed by atoms with E-state index in [9.17, 15) is 9.59 Å². The zero-order valence-electron chi connectivity index (χ0n) is 14.1. The highest BCUT2D eigenvalue weighted by atomic mass is 35.5. The van der Waals surface area contributed by atoms with E-state index in [0.717, 1.165) is 22.9 Å². The fourth-order valence-electron chi connectivity index (χ4n) is 2.56. The summed E-state index contributed by atoms with van der Waals surface area (Å²) in [6.45, 7) is 2.21. The number of nitrogens with zero attached hydrogens (tertiary/aromatic N) is 1. The molecular formula is C19H15Cl2NO3S.